The standard InChI is InChI=1S/C13H16F2O/c1-3-9(2)7-11(16)8-10-5-4-6-12(14)13(10)15/h4-6,11,16H,2-3,7-8H2,1H3. The molecule has 1 aromatic carbocycles. The Kier molecular flexibility index (Phi) is 4.62. The van der Waals surface area contributed by atoms with Crippen molar-refractivity contribution < 1.29 is 13.9 Å². The van der Waals surface area contributed by atoms with Gasteiger partial charge in [-0.05, 0) is 24.5 Å². The van der Waals surface area contributed by atoms with Crippen LogP contribution in [0.2, 0.25) is 0 Å². The first kappa shape index (κ1) is 12.8. The highest BCUT2D eigenvalue weighted by Crippen LogP contribution is 2.16. The summed E-state index contributed by atoms with van der Waals surface area (Å²) in [6.45, 7) is 5.71. The maximum Gasteiger partial charge on any atom is 0.162 e. The summed E-state index contributed by atoms with van der Waals surface area (Å²) in [5.41, 5.74) is 1.11. The average molecular weight is 226 g/mol. The first-order chi connectivity index (χ1) is 7.54. The van der Waals surface area contributed by atoms with Gasteiger partial charge in [-0.15, -0.1) is 0 Å². The molecular weight excluding hydrogens is 210 g/mol. The first-order valence-corrected chi connectivity index (χ1v) is 5.32. The van der Waals surface area contributed by atoms with E-state index in [1.165, 1.54) is 12.1 Å². The van der Waals surface area contributed by atoms with Crippen molar-refractivity contribution in [3.05, 3.63) is 47.5 Å². The Morgan fingerprint density at radius 1 is 1.44 bits per heavy atom. The molecular formula is C13H16F2O. The molecule has 16 heavy (non-hydrogen) atoms. The lowest BCUT2D eigenvalue weighted by Gasteiger charge is -2.12. The summed E-state index contributed by atoms with van der Waals surface area (Å²) in [5.74, 6) is -1.75. The van der Waals surface area contributed by atoms with E-state index in [9.17, 15) is 13.9 Å². The van der Waals surface area contributed by atoms with Crippen LogP contribution in [0.3, 0.4) is 0 Å². The third kappa shape index (κ3) is 3.42. The molecule has 88 valence electrons. The Balaban J connectivity index is 2.66. The molecule has 1 N–H and O–H groups in total. The van der Waals surface area contributed by atoms with Gasteiger partial charge in [-0.3, -0.25) is 0 Å². The largest absolute Gasteiger partial charge is 0.392 e. The number of hydrogen-bond acceptors (Lipinski definition) is 1. The van der Waals surface area contributed by atoms with Crippen LogP contribution in [0.25, 0.3) is 0 Å². The topological polar surface area (TPSA) is 20.2 Å². The van der Waals surface area contributed by atoms with Crippen LogP contribution in [0.5, 0.6) is 0 Å². The molecule has 1 atom stereocenters. The van der Waals surface area contributed by atoms with Gasteiger partial charge < -0.3 is 5.11 Å². The third-order valence-electron chi connectivity index (χ3n) is 2.51. The number of aliphatic hydroxyl groups excluding tert-OH is 1. The van der Waals surface area contributed by atoms with Crippen LogP contribution in [0.15, 0.2) is 30.4 Å². The van der Waals surface area contributed by atoms with Crippen LogP contribution in [-0.2, 0) is 6.42 Å². The van der Waals surface area contributed by atoms with Crippen molar-refractivity contribution in [1.82, 2.24) is 0 Å². The summed E-state index contributed by atoms with van der Waals surface area (Å²) in [6, 6.07) is 3.99. The van der Waals surface area contributed by atoms with E-state index in [2.05, 4.69) is 6.58 Å². The number of aliphatic hydroxyl groups is 1. The Labute approximate surface area is 94.4 Å². The Morgan fingerprint density at radius 2 is 2.12 bits per heavy atom. The van der Waals surface area contributed by atoms with Crippen molar-refractivity contribution in [3.63, 3.8) is 0 Å². The van der Waals surface area contributed by atoms with Crippen LogP contribution >= 0.6 is 0 Å². The molecule has 0 heterocycles. The van der Waals surface area contributed by atoms with E-state index < -0.39 is 17.7 Å². The summed E-state index contributed by atoms with van der Waals surface area (Å²) in [7, 11) is 0. The molecule has 0 spiro atoms. The Hall–Kier alpha value is -1.22. The minimum absolute atomic E-state index is 0.114. The summed E-state index contributed by atoms with van der Waals surface area (Å²) in [4.78, 5) is 0. The second-order valence-corrected chi connectivity index (χ2v) is 3.88. The number of halogens is 2. The maximum atomic E-state index is 13.3. The quantitative estimate of drug-likeness (QED) is 0.764. The van der Waals surface area contributed by atoms with Crippen molar-refractivity contribution >= 4 is 0 Å². The van der Waals surface area contributed by atoms with Gasteiger partial charge in [0, 0.05) is 6.42 Å². The van der Waals surface area contributed by atoms with Gasteiger partial charge in [0.05, 0.1) is 6.10 Å². The van der Waals surface area contributed by atoms with Crippen molar-refractivity contribution in [2.75, 3.05) is 0 Å². The van der Waals surface area contributed by atoms with Gasteiger partial charge in [0.2, 0.25) is 0 Å². The van der Waals surface area contributed by atoms with Gasteiger partial charge in [0.1, 0.15) is 0 Å². The Morgan fingerprint density at radius 3 is 2.75 bits per heavy atom. The van der Waals surface area contributed by atoms with Crippen molar-refractivity contribution in [2.24, 2.45) is 0 Å². The second-order valence-electron chi connectivity index (χ2n) is 3.88. The van der Waals surface area contributed by atoms with Gasteiger partial charge in [-0.2, -0.15) is 0 Å². The van der Waals surface area contributed by atoms with Crippen molar-refractivity contribution in [2.45, 2.75) is 32.3 Å². The number of hydrogen-bond donors (Lipinski definition) is 1. The van der Waals surface area contributed by atoms with E-state index in [0.29, 0.717) is 6.42 Å². The number of rotatable bonds is 5. The average Bonchev–Trinajstić information content (AvgIpc) is 2.24. The lowest BCUT2D eigenvalue weighted by Crippen LogP contribution is -2.12. The molecule has 0 aromatic heterocycles. The van der Waals surface area contributed by atoms with Crippen LogP contribution in [0, 0.1) is 11.6 Å². The van der Waals surface area contributed by atoms with E-state index in [4.69, 9.17) is 0 Å². The molecule has 0 saturated heterocycles. The zero-order valence-electron chi connectivity index (χ0n) is 9.34. The van der Waals surface area contributed by atoms with Crippen LogP contribution < -0.4 is 0 Å². The molecule has 0 saturated carbocycles. The lowest BCUT2D eigenvalue weighted by atomic mass is 10.0. The molecule has 1 unspecified atom stereocenters. The van der Waals surface area contributed by atoms with E-state index in [1.54, 1.807) is 0 Å². The molecule has 0 fully saturated rings. The molecule has 0 aliphatic heterocycles. The highest BCUT2D eigenvalue weighted by atomic mass is 19.2. The fourth-order valence-electron chi connectivity index (χ4n) is 1.51. The van der Waals surface area contributed by atoms with E-state index in [0.717, 1.165) is 18.1 Å². The highest BCUT2D eigenvalue weighted by Gasteiger charge is 2.12. The van der Waals surface area contributed by atoms with Gasteiger partial charge >= 0.3 is 0 Å². The number of benzene rings is 1. The summed E-state index contributed by atoms with van der Waals surface area (Å²) in [6.07, 6.45) is 0.612. The summed E-state index contributed by atoms with van der Waals surface area (Å²) >= 11 is 0. The zero-order valence-corrected chi connectivity index (χ0v) is 9.34. The molecule has 0 bridgehead atoms. The van der Waals surface area contributed by atoms with E-state index >= 15 is 0 Å². The molecule has 1 aromatic rings. The maximum absolute atomic E-state index is 13.3. The third-order valence-corrected chi connectivity index (χ3v) is 2.51. The first-order valence-electron chi connectivity index (χ1n) is 5.32. The highest BCUT2D eigenvalue weighted by molar-refractivity contribution is 5.20. The van der Waals surface area contributed by atoms with Gasteiger partial charge in [-0.1, -0.05) is 31.2 Å². The smallest absolute Gasteiger partial charge is 0.162 e. The Bertz CT molecular complexity index is 374. The fourth-order valence-corrected chi connectivity index (χ4v) is 1.51. The summed E-state index contributed by atoms with van der Waals surface area (Å²) < 4.78 is 26.2. The SMILES string of the molecule is C=C(CC)CC(O)Cc1cccc(F)c1F. The predicted molar refractivity (Wildman–Crippen MR) is 60.1 cm³/mol. The monoisotopic (exact) mass is 226 g/mol. The van der Waals surface area contributed by atoms with Crippen molar-refractivity contribution in [1.29, 1.82) is 0 Å². The second kappa shape index (κ2) is 5.75. The molecule has 0 aliphatic rings. The minimum atomic E-state index is -0.876. The molecule has 1 nitrogen and oxygen atoms in total. The predicted octanol–water partition coefficient (Wildman–Crippen LogP) is 3.22. The van der Waals surface area contributed by atoms with E-state index in [-0.39, 0.29) is 12.0 Å². The summed E-state index contributed by atoms with van der Waals surface area (Å²) in [5, 5.41) is 9.67. The van der Waals surface area contributed by atoms with Gasteiger partial charge in [0.25, 0.3) is 0 Å². The normalized spacial score (nSPS) is 12.5. The van der Waals surface area contributed by atoms with Gasteiger partial charge in [0.15, 0.2) is 11.6 Å². The molecule has 1 rings (SSSR count). The van der Waals surface area contributed by atoms with Crippen LogP contribution in [0.1, 0.15) is 25.3 Å². The molecule has 0 radical (unpaired) electrons. The van der Waals surface area contributed by atoms with E-state index in [1.807, 2.05) is 6.92 Å². The molecule has 0 aliphatic carbocycles. The van der Waals surface area contributed by atoms with Gasteiger partial charge in [-0.25, -0.2) is 8.78 Å². The zero-order chi connectivity index (χ0) is 12.1. The fraction of sp³-hybridized carbons (Fsp3) is 0.385. The van der Waals surface area contributed by atoms with Crippen molar-refractivity contribution in [3.8, 4) is 0 Å². The minimum Gasteiger partial charge on any atom is -0.392 e. The molecule has 3 heteroatoms. The van der Waals surface area contributed by atoms with Crippen LogP contribution in [0.4, 0.5) is 8.78 Å². The lowest BCUT2D eigenvalue weighted by molar-refractivity contribution is 0.173. The molecule has 0 amide bonds. The van der Waals surface area contributed by atoms with Crippen LogP contribution in [-0.4, -0.2) is 11.2 Å².